The van der Waals surface area contributed by atoms with Gasteiger partial charge in [0.1, 0.15) is 0 Å². The summed E-state index contributed by atoms with van der Waals surface area (Å²) in [6, 6.07) is 12.9. The molecule has 2 aromatic carbocycles. The van der Waals surface area contributed by atoms with E-state index in [1.807, 2.05) is 31.2 Å². The minimum absolute atomic E-state index is 0.212. The summed E-state index contributed by atoms with van der Waals surface area (Å²) in [6.07, 6.45) is 4.10. The summed E-state index contributed by atoms with van der Waals surface area (Å²) in [7, 11) is 0. The molecule has 0 saturated carbocycles. The van der Waals surface area contributed by atoms with Crippen molar-refractivity contribution in [3.8, 4) is 0 Å². The minimum Gasteiger partial charge on any atom is -0.375 e. The quantitative estimate of drug-likeness (QED) is 0.636. The monoisotopic (exact) mass is 375 g/mol. The van der Waals surface area contributed by atoms with E-state index in [0.717, 1.165) is 24.8 Å². The third kappa shape index (κ3) is 3.08. The Balaban J connectivity index is 1.66. The first kappa shape index (κ1) is 18.6. The number of aryl methyl sites for hydroxylation is 2. The number of anilines is 1. The first-order valence-electron chi connectivity index (χ1n) is 9.83. The average molecular weight is 375 g/mol. The Labute approximate surface area is 165 Å². The molecule has 1 N–H and O–H groups in total. The third-order valence-corrected chi connectivity index (χ3v) is 5.75. The molecule has 0 bridgehead atoms. The summed E-state index contributed by atoms with van der Waals surface area (Å²) in [5.74, 6) is -0.667. The predicted molar refractivity (Wildman–Crippen MR) is 110 cm³/mol. The molecule has 1 aliphatic heterocycles. The lowest BCUT2D eigenvalue weighted by Gasteiger charge is -2.23. The molecule has 0 aromatic heterocycles. The van der Waals surface area contributed by atoms with Crippen LogP contribution in [0.3, 0.4) is 0 Å². The number of benzene rings is 2. The fraction of sp³-hybridized carbons (Fsp3) is 0.333. The molecule has 1 amide bonds. The van der Waals surface area contributed by atoms with Crippen molar-refractivity contribution in [3.63, 3.8) is 0 Å². The van der Waals surface area contributed by atoms with Crippen molar-refractivity contribution in [2.45, 2.75) is 44.6 Å². The van der Waals surface area contributed by atoms with Gasteiger partial charge in [0.2, 0.25) is 0 Å². The molecule has 2 aliphatic rings. The molecular weight excluding hydrogens is 350 g/mol. The fourth-order valence-corrected chi connectivity index (χ4v) is 4.35. The fourth-order valence-electron chi connectivity index (χ4n) is 4.35. The first-order chi connectivity index (χ1) is 13.4. The number of carbonyl (C=O) groups is 2. The number of ketones is 1. The minimum atomic E-state index is -1.83. The van der Waals surface area contributed by atoms with Crippen molar-refractivity contribution < 1.29 is 14.7 Å². The van der Waals surface area contributed by atoms with Gasteiger partial charge in [0.25, 0.3) is 5.91 Å². The highest BCUT2D eigenvalue weighted by atomic mass is 16.3. The zero-order valence-electron chi connectivity index (χ0n) is 16.2. The zero-order valence-corrected chi connectivity index (χ0v) is 16.2. The zero-order chi connectivity index (χ0) is 19.9. The van der Waals surface area contributed by atoms with E-state index in [9.17, 15) is 14.7 Å². The molecule has 1 heterocycles. The van der Waals surface area contributed by atoms with Crippen LogP contribution in [0.15, 0.2) is 54.6 Å². The molecule has 0 spiro atoms. The van der Waals surface area contributed by atoms with E-state index in [1.165, 1.54) is 22.4 Å². The maximum Gasteiger partial charge on any atom is 0.264 e. The number of fused-ring (bicyclic) bond motifs is 2. The second-order valence-corrected chi connectivity index (χ2v) is 8.02. The molecule has 0 fully saturated rings. The van der Waals surface area contributed by atoms with Crippen LogP contribution in [0.25, 0.3) is 0 Å². The molecule has 4 heteroatoms. The number of hydrogen-bond acceptors (Lipinski definition) is 3. The van der Waals surface area contributed by atoms with E-state index in [4.69, 9.17) is 0 Å². The molecule has 0 saturated heterocycles. The molecule has 4 rings (SSSR count). The summed E-state index contributed by atoms with van der Waals surface area (Å²) < 4.78 is 0. The Morgan fingerprint density at radius 1 is 1.14 bits per heavy atom. The van der Waals surface area contributed by atoms with Gasteiger partial charge in [0.05, 0.1) is 12.1 Å². The van der Waals surface area contributed by atoms with Gasteiger partial charge in [0.15, 0.2) is 11.4 Å². The number of aliphatic hydroxyl groups is 1. The number of amides is 1. The van der Waals surface area contributed by atoms with Crippen LogP contribution in [-0.4, -0.2) is 23.3 Å². The lowest BCUT2D eigenvalue weighted by atomic mass is 9.85. The van der Waals surface area contributed by atoms with Crippen LogP contribution in [0.4, 0.5) is 5.69 Å². The van der Waals surface area contributed by atoms with Gasteiger partial charge in [-0.1, -0.05) is 42.5 Å². The summed E-state index contributed by atoms with van der Waals surface area (Å²) in [4.78, 5) is 27.7. The SMILES string of the molecule is C=C(C)CN1C(=O)[C@](O)(CC(=O)c2ccc3c(c2)CCCC3)c2ccccc21. The summed E-state index contributed by atoms with van der Waals surface area (Å²) in [5, 5.41) is 11.3. The molecule has 28 heavy (non-hydrogen) atoms. The predicted octanol–water partition coefficient (Wildman–Crippen LogP) is 3.95. The Morgan fingerprint density at radius 3 is 2.61 bits per heavy atom. The largest absolute Gasteiger partial charge is 0.375 e. The first-order valence-corrected chi connectivity index (χ1v) is 9.83. The number of para-hydroxylation sites is 1. The number of Topliss-reactive ketones (excluding diaryl/α,β-unsaturated/α-hetero) is 1. The van der Waals surface area contributed by atoms with Crippen LogP contribution in [0, 0.1) is 0 Å². The maximum atomic E-state index is 13.1. The van der Waals surface area contributed by atoms with Crippen molar-refractivity contribution in [1.29, 1.82) is 0 Å². The van der Waals surface area contributed by atoms with Gasteiger partial charge in [0, 0.05) is 17.7 Å². The number of carbonyl (C=O) groups excluding carboxylic acids is 2. The second-order valence-electron chi connectivity index (χ2n) is 8.02. The Hall–Kier alpha value is -2.72. The van der Waals surface area contributed by atoms with Crippen molar-refractivity contribution >= 4 is 17.4 Å². The van der Waals surface area contributed by atoms with Crippen LogP contribution in [0.5, 0.6) is 0 Å². The Kier molecular flexibility index (Phi) is 4.68. The van der Waals surface area contributed by atoms with E-state index in [1.54, 1.807) is 18.2 Å². The topological polar surface area (TPSA) is 57.6 Å². The molecule has 1 aliphatic carbocycles. The van der Waals surface area contributed by atoms with Gasteiger partial charge in [-0.3, -0.25) is 9.59 Å². The van der Waals surface area contributed by atoms with Gasteiger partial charge in [-0.15, -0.1) is 0 Å². The van der Waals surface area contributed by atoms with Gasteiger partial charge in [-0.05, 0) is 55.9 Å². The van der Waals surface area contributed by atoms with Crippen LogP contribution < -0.4 is 4.90 Å². The van der Waals surface area contributed by atoms with Crippen molar-refractivity contribution in [2.24, 2.45) is 0 Å². The molecule has 2 aromatic rings. The molecule has 1 atom stereocenters. The van der Waals surface area contributed by atoms with E-state index in [2.05, 4.69) is 6.58 Å². The van der Waals surface area contributed by atoms with Gasteiger partial charge < -0.3 is 10.0 Å². The maximum absolute atomic E-state index is 13.1. The second kappa shape index (κ2) is 7.02. The van der Waals surface area contributed by atoms with Gasteiger partial charge in [-0.2, -0.15) is 0 Å². The van der Waals surface area contributed by atoms with E-state index in [-0.39, 0.29) is 12.2 Å². The highest BCUT2D eigenvalue weighted by Crippen LogP contribution is 2.43. The summed E-state index contributed by atoms with van der Waals surface area (Å²) in [5.41, 5.74) is 3.21. The van der Waals surface area contributed by atoms with Crippen molar-refractivity contribution in [3.05, 3.63) is 76.9 Å². The van der Waals surface area contributed by atoms with Crippen LogP contribution in [-0.2, 0) is 23.2 Å². The molecule has 0 unspecified atom stereocenters. The van der Waals surface area contributed by atoms with E-state index < -0.39 is 11.5 Å². The standard InChI is InChI=1S/C24H25NO3/c1-16(2)15-25-21-10-6-5-9-20(21)24(28,23(25)27)14-22(26)19-12-11-17-7-3-4-8-18(17)13-19/h5-6,9-13,28H,1,3-4,7-8,14-15H2,2H3/t24-/m0/s1. The number of nitrogens with zero attached hydrogens (tertiary/aromatic N) is 1. The molecule has 4 nitrogen and oxygen atoms in total. The molecular formula is C24H25NO3. The Morgan fingerprint density at radius 2 is 1.86 bits per heavy atom. The lowest BCUT2D eigenvalue weighted by molar-refractivity contribution is -0.135. The molecule has 144 valence electrons. The Bertz CT molecular complexity index is 978. The third-order valence-electron chi connectivity index (χ3n) is 5.75. The van der Waals surface area contributed by atoms with Gasteiger partial charge >= 0.3 is 0 Å². The van der Waals surface area contributed by atoms with Crippen LogP contribution in [0.2, 0.25) is 0 Å². The van der Waals surface area contributed by atoms with Crippen LogP contribution >= 0.6 is 0 Å². The smallest absolute Gasteiger partial charge is 0.264 e. The van der Waals surface area contributed by atoms with Crippen molar-refractivity contribution in [2.75, 3.05) is 11.4 Å². The van der Waals surface area contributed by atoms with E-state index >= 15 is 0 Å². The highest BCUT2D eigenvalue weighted by Gasteiger charge is 2.50. The van der Waals surface area contributed by atoms with Gasteiger partial charge in [-0.25, -0.2) is 0 Å². The lowest BCUT2D eigenvalue weighted by Crippen LogP contribution is -2.42. The van der Waals surface area contributed by atoms with Crippen molar-refractivity contribution in [1.82, 2.24) is 0 Å². The molecule has 0 radical (unpaired) electrons. The summed E-state index contributed by atoms with van der Waals surface area (Å²) >= 11 is 0. The van der Waals surface area contributed by atoms with E-state index in [0.29, 0.717) is 23.4 Å². The van der Waals surface area contributed by atoms with Crippen LogP contribution in [0.1, 0.15) is 53.2 Å². The number of hydrogen-bond donors (Lipinski definition) is 1. The average Bonchev–Trinajstić information content (AvgIpc) is 2.89. The normalized spacial score (nSPS) is 20.6. The summed E-state index contributed by atoms with van der Waals surface area (Å²) in [6.45, 7) is 6.04. The highest BCUT2D eigenvalue weighted by molar-refractivity contribution is 6.11. The number of rotatable bonds is 5.